The summed E-state index contributed by atoms with van der Waals surface area (Å²) in [7, 11) is 0. The lowest BCUT2D eigenvalue weighted by Gasteiger charge is -2.37. The van der Waals surface area contributed by atoms with Crippen molar-refractivity contribution in [2.24, 2.45) is 0 Å². The average molecular weight is 348 g/mol. The van der Waals surface area contributed by atoms with Gasteiger partial charge in [0.05, 0.1) is 0 Å². The fourth-order valence-corrected chi connectivity index (χ4v) is 3.99. The van der Waals surface area contributed by atoms with Crippen LogP contribution in [0.3, 0.4) is 0 Å². The summed E-state index contributed by atoms with van der Waals surface area (Å²) in [5.41, 5.74) is -0.638. The molecule has 1 unspecified atom stereocenters. The van der Waals surface area contributed by atoms with E-state index in [1.165, 1.54) is 6.42 Å². The van der Waals surface area contributed by atoms with Gasteiger partial charge in [-0.3, -0.25) is 0 Å². The number of hydrogen-bond donors (Lipinski definition) is 3. The first kappa shape index (κ1) is 19.8. The van der Waals surface area contributed by atoms with Gasteiger partial charge in [0.2, 0.25) is 0 Å². The van der Waals surface area contributed by atoms with Gasteiger partial charge >= 0.3 is 5.97 Å². The van der Waals surface area contributed by atoms with Crippen LogP contribution in [0.15, 0.2) is 12.1 Å². The predicted octanol–water partition coefficient (Wildman–Crippen LogP) is 4.59. The molecule has 0 radical (unpaired) electrons. The lowest BCUT2D eigenvalue weighted by atomic mass is 9.68. The molecule has 1 aliphatic carbocycles. The van der Waals surface area contributed by atoms with Gasteiger partial charge in [-0.1, -0.05) is 53.9 Å². The van der Waals surface area contributed by atoms with Crippen LogP contribution in [0.2, 0.25) is 0 Å². The van der Waals surface area contributed by atoms with Gasteiger partial charge in [0.15, 0.2) is 5.60 Å². The number of aliphatic carboxylic acids is 1. The number of aliphatic hydroxyl groups is 1. The second kappa shape index (κ2) is 6.64. The Bertz CT molecular complexity index is 651. The third-order valence-corrected chi connectivity index (χ3v) is 5.87. The Hall–Kier alpha value is -1.55. The number of phenolic OH excluding ortho intramolecular Hbond substituents is 1. The minimum absolute atomic E-state index is 0.0762. The minimum Gasteiger partial charge on any atom is -0.507 e. The predicted molar refractivity (Wildman–Crippen MR) is 99.1 cm³/mol. The molecule has 25 heavy (non-hydrogen) atoms. The van der Waals surface area contributed by atoms with E-state index in [9.17, 15) is 20.1 Å². The van der Waals surface area contributed by atoms with Crippen molar-refractivity contribution in [3.63, 3.8) is 0 Å². The summed E-state index contributed by atoms with van der Waals surface area (Å²) >= 11 is 0. The highest BCUT2D eigenvalue weighted by Crippen LogP contribution is 2.47. The molecule has 1 saturated carbocycles. The summed E-state index contributed by atoms with van der Waals surface area (Å²) in [6.45, 7) is 9.78. The van der Waals surface area contributed by atoms with Crippen LogP contribution >= 0.6 is 0 Å². The molecule has 3 N–H and O–H groups in total. The number of hydrogen-bond acceptors (Lipinski definition) is 3. The Morgan fingerprint density at radius 1 is 1.16 bits per heavy atom. The summed E-state index contributed by atoms with van der Waals surface area (Å²) < 4.78 is 0. The van der Waals surface area contributed by atoms with E-state index in [0.29, 0.717) is 11.1 Å². The van der Waals surface area contributed by atoms with Gasteiger partial charge < -0.3 is 15.3 Å². The average Bonchev–Trinajstić information content (AvgIpc) is 2.53. The molecule has 4 heteroatoms. The molecule has 1 atom stereocenters. The molecule has 1 aliphatic rings. The molecule has 4 nitrogen and oxygen atoms in total. The quantitative estimate of drug-likeness (QED) is 0.743. The SMILES string of the molecule is CCC(O)(C(=O)O)c1cc(C(C)(C)C)c(O)c(C2(C)CCCCC2)c1. The molecular formula is C21H32O4. The fourth-order valence-electron chi connectivity index (χ4n) is 3.99. The Labute approximate surface area is 150 Å². The molecular weight excluding hydrogens is 316 g/mol. The van der Waals surface area contributed by atoms with E-state index in [0.717, 1.165) is 31.2 Å². The molecule has 0 saturated heterocycles. The fraction of sp³-hybridized carbons (Fsp3) is 0.667. The summed E-state index contributed by atoms with van der Waals surface area (Å²) in [6.07, 6.45) is 5.39. The van der Waals surface area contributed by atoms with Crippen molar-refractivity contribution < 1.29 is 20.1 Å². The van der Waals surface area contributed by atoms with Crippen molar-refractivity contribution in [3.8, 4) is 5.75 Å². The first-order chi connectivity index (χ1) is 11.5. The Morgan fingerprint density at radius 3 is 2.16 bits per heavy atom. The molecule has 0 bridgehead atoms. The number of rotatable bonds is 4. The van der Waals surface area contributed by atoms with Crippen LogP contribution in [0.5, 0.6) is 5.75 Å². The molecule has 0 spiro atoms. The maximum absolute atomic E-state index is 11.8. The topological polar surface area (TPSA) is 77.8 Å². The second-order valence-corrected chi connectivity index (χ2v) is 8.81. The smallest absolute Gasteiger partial charge is 0.340 e. The van der Waals surface area contributed by atoms with Crippen molar-refractivity contribution in [1.29, 1.82) is 0 Å². The van der Waals surface area contributed by atoms with Gasteiger partial charge in [0.25, 0.3) is 0 Å². The van der Waals surface area contributed by atoms with Crippen molar-refractivity contribution in [3.05, 3.63) is 28.8 Å². The highest BCUT2D eigenvalue weighted by atomic mass is 16.4. The first-order valence-corrected chi connectivity index (χ1v) is 9.30. The highest BCUT2D eigenvalue weighted by molar-refractivity contribution is 5.79. The van der Waals surface area contributed by atoms with Gasteiger partial charge in [-0.25, -0.2) is 4.79 Å². The summed E-state index contributed by atoms with van der Waals surface area (Å²) in [4.78, 5) is 11.8. The third-order valence-electron chi connectivity index (χ3n) is 5.87. The van der Waals surface area contributed by atoms with Crippen LogP contribution in [0.4, 0.5) is 0 Å². The lowest BCUT2D eigenvalue weighted by molar-refractivity contribution is -0.160. The summed E-state index contributed by atoms with van der Waals surface area (Å²) in [5.74, 6) is -0.996. The summed E-state index contributed by atoms with van der Waals surface area (Å²) in [5, 5.41) is 31.4. The molecule has 0 aliphatic heterocycles. The first-order valence-electron chi connectivity index (χ1n) is 9.30. The van der Waals surface area contributed by atoms with E-state index in [-0.39, 0.29) is 23.0 Å². The van der Waals surface area contributed by atoms with Crippen LogP contribution in [0.25, 0.3) is 0 Å². The van der Waals surface area contributed by atoms with Crippen LogP contribution < -0.4 is 0 Å². The van der Waals surface area contributed by atoms with Crippen LogP contribution in [0, 0.1) is 0 Å². The van der Waals surface area contributed by atoms with Gasteiger partial charge in [-0.2, -0.15) is 0 Å². The molecule has 2 rings (SSSR count). The lowest BCUT2D eigenvalue weighted by Crippen LogP contribution is -2.36. The second-order valence-electron chi connectivity index (χ2n) is 8.81. The van der Waals surface area contributed by atoms with Crippen molar-refractivity contribution in [1.82, 2.24) is 0 Å². The number of carboxylic acids is 1. The number of benzene rings is 1. The van der Waals surface area contributed by atoms with Gasteiger partial charge in [0, 0.05) is 5.56 Å². The third kappa shape index (κ3) is 3.55. The molecule has 140 valence electrons. The maximum Gasteiger partial charge on any atom is 0.340 e. The largest absolute Gasteiger partial charge is 0.507 e. The van der Waals surface area contributed by atoms with E-state index in [4.69, 9.17) is 0 Å². The zero-order chi connectivity index (χ0) is 19.0. The normalized spacial score (nSPS) is 20.1. The maximum atomic E-state index is 11.8. The van der Waals surface area contributed by atoms with E-state index in [2.05, 4.69) is 6.92 Å². The Morgan fingerprint density at radius 2 is 1.72 bits per heavy atom. The van der Waals surface area contributed by atoms with E-state index in [1.54, 1.807) is 19.1 Å². The molecule has 0 amide bonds. The van der Waals surface area contributed by atoms with Gasteiger partial charge in [-0.15, -0.1) is 0 Å². The summed E-state index contributed by atoms with van der Waals surface area (Å²) in [6, 6.07) is 3.40. The number of carboxylic acid groups (broad SMARTS) is 1. The monoisotopic (exact) mass is 348 g/mol. The van der Waals surface area contributed by atoms with E-state index < -0.39 is 11.6 Å². The van der Waals surface area contributed by atoms with Crippen molar-refractivity contribution in [2.45, 2.75) is 89.6 Å². The number of carbonyl (C=O) groups is 1. The van der Waals surface area contributed by atoms with E-state index in [1.807, 2.05) is 20.8 Å². The standard InChI is InChI=1S/C21H32O4/c1-6-21(25,18(23)24)14-12-15(19(2,3)4)17(22)16(13-14)20(5)10-8-7-9-11-20/h12-13,22,25H,6-11H2,1-5H3,(H,23,24). The highest BCUT2D eigenvalue weighted by Gasteiger charge is 2.40. The van der Waals surface area contributed by atoms with Crippen molar-refractivity contribution >= 4 is 5.97 Å². The van der Waals surface area contributed by atoms with Crippen LogP contribution in [0.1, 0.15) is 89.8 Å². The van der Waals surface area contributed by atoms with Gasteiger partial charge in [-0.05, 0) is 53.4 Å². The Kier molecular flexibility index (Phi) is 5.25. The van der Waals surface area contributed by atoms with Crippen LogP contribution in [-0.4, -0.2) is 21.3 Å². The van der Waals surface area contributed by atoms with Crippen LogP contribution in [-0.2, 0) is 21.2 Å². The Balaban J connectivity index is 2.75. The zero-order valence-corrected chi connectivity index (χ0v) is 16.1. The number of aromatic hydroxyl groups is 1. The molecule has 1 aromatic carbocycles. The number of phenols is 1. The molecule has 0 heterocycles. The molecule has 0 aromatic heterocycles. The zero-order valence-electron chi connectivity index (χ0n) is 16.1. The van der Waals surface area contributed by atoms with Crippen molar-refractivity contribution in [2.75, 3.05) is 0 Å². The molecule has 1 fully saturated rings. The molecule has 1 aromatic rings. The minimum atomic E-state index is -1.94. The van der Waals surface area contributed by atoms with Gasteiger partial charge in [0.1, 0.15) is 5.75 Å². The van der Waals surface area contributed by atoms with E-state index >= 15 is 0 Å².